The first-order valence-electron chi connectivity index (χ1n) is 7.05. The van der Waals surface area contributed by atoms with E-state index in [9.17, 15) is 22.4 Å². The Labute approximate surface area is 148 Å². The number of hydrogen-bond donors (Lipinski definition) is 2. The Morgan fingerprint density at radius 2 is 1.24 bits per heavy atom. The van der Waals surface area contributed by atoms with Gasteiger partial charge in [0.05, 0.1) is 0 Å². The van der Waals surface area contributed by atoms with Gasteiger partial charge in [-0.2, -0.15) is 0 Å². The number of amides is 2. The first-order chi connectivity index (χ1) is 11.7. The van der Waals surface area contributed by atoms with Gasteiger partial charge < -0.3 is 10.6 Å². The fourth-order valence-electron chi connectivity index (χ4n) is 1.91. The number of hydrogen-bond acceptors (Lipinski definition) is 4. The Bertz CT molecular complexity index is 801. The summed E-state index contributed by atoms with van der Waals surface area (Å²) in [5.74, 6) is -3.77. The number of nitrogens with one attached hydrogen (secondary N) is 2. The molecule has 0 saturated carbocycles. The van der Waals surface area contributed by atoms with Crippen LogP contribution in [0.5, 0.6) is 0 Å². The molecule has 6 nitrogen and oxygen atoms in total. The molecule has 25 heavy (non-hydrogen) atoms. The maximum absolute atomic E-state index is 12.8. The molecule has 0 aliphatic rings. The zero-order valence-corrected chi connectivity index (χ0v) is 14.4. The first-order valence-corrected chi connectivity index (χ1v) is 9.25. The lowest BCUT2D eigenvalue weighted by atomic mass is 10.3. The summed E-state index contributed by atoms with van der Waals surface area (Å²) in [6.45, 7) is 0. The highest BCUT2D eigenvalue weighted by Crippen LogP contribution is 2.13. The van der Waals surface area contributed by atoms with Gasteiger partial charge >= 0.3 is 0 Å². The Hall–Kier alpha value is -2.45. The lowest BCUT2D eigenvalue weighted by Gasteiger charge is -2.07. The minimum Gasteiger partial charge on any atom is -0.325 e. The fourth-order valence-corrected chi connectivity index (χ4v) is 3.08. The van der Waals surface area contributed by atoms with E-state index in [0.29, 0.717) is 10.7 Å². The highest BCUT2D eigenvalue weighted by molar-refractivity contribution is 7.92. The van der Waals surface area contributed by atoms with Crippen molar-refractivity contribution in [1.29, 1.82) is 0 Å². The predicted octanol–water partition coefficient (Wildman–Crippen LogP) is 2.47. The Kier molecular flexibility index (Phi) is 6.11. The molecule has 0 aliphatic carbocycles. The third kappa shape index (κ3) is 6.52. The lowest BCUT2D eigenvalue weighted by molar-refractivity contribution is -0.114. The van der Waals surface area contributed by atoms with Gasteiger partial charge in [-0.05, 0) is 48.5 Å². The molecule has 0 atom stereocenters. The smallest absolute Gasteiger partial charge is 0.239 e. The maximum atomic E-state index is 12.8. The molecule has 2 amide bonds. The van der Waals surface area contributed by atoms with Gasteiger partial charge in [0.2, 0.25) is 11.8 Å². The van der Waals surface area contributed by atoms with E-state index in [1.807, 2.05) is 0 Å². The monoisotopic (exact) mass is 384 g/mol. The van der Waals surface area contributed by atoms with E-state index < -0.39 is 39.0 Å². The van der Waals surface area contributed by atoms with Crippen molar-refractivity contribution in [2.24, 2.45) is 0 Å². The van der Waals surface area contributed by atoms with Crippen LogP contribution in [0, 0.1) is 5.82 Å². The van der Waals surface area contributed by atoms with Crippen LogP contribution < -0.4 is 10.6 Å². The van der Waals surface area contributed by atoms with Crippen molar-refractivity contribution in [3.05, 3.63) is 59.4 Å². The number of rotatable bonds is 6. The van der Waals surface area contributed by atoms with E-state index in [1.54, 1.807) is 12.1 Å². The molecule has 0 saturated heterocycles. The fraction of sp³-hybridized carbons (Fsp3) is 0.125. The number of sulfone groups is 1. The van der Waals surface area contributed by atoms with Crippen molar-refractivity contribution in [1.82, 2.24) is 0 Å². The van der Waals surface area contributed by atoms with Gasteiger partial charge in [-0.1, -0.05) is 11.6 Å². The van der Waals surface area contributed by atoms with Crippen LogP contribution in [-0.4, -0.2) is 31.7 Å². The third-order valence-electron chi connectivity index (χ3n) is 2.96. The molecule has 0 bridgehead atoms. The van der Waals surface area contributed by atoms with Gasteiger partial charge in [0, 0.05) is 16.4 Å². The van der Waals surface area contributed by atoms with Crippen molar-refractivity contribution in [3.63, 3.8) is 0 Å². The van der Waals surface area contributed by atoms with Gasteiger partial charge in [-0.15, -0.1) is 0 Å². The number of benzene rings is 2. The topological polar surface area (TPSA) is 92.3 Å². The zero-order valence-electron chi connectivity index (χ0n) is 12.8. The molecule has 9 heteroatoms. The molecular weight excluding hydrogens is 371 g/mol. The second-order valence-corrected chi connectivity index (χ2v) is 7.64. The summed E-state index contributed by atoms with van der Waals surface area (Å²) in [5, 5.41) is 5.20. The minimum atomic E-state index is -3.96. The third-order valence-corrected chi connectivity index (χ3v) is 4.61. The van der Waals surface area contributed by atoms with Crippen LogP contribution in [0.1, 0.15) is 0 Å². The van der Waals surface area contributed by atoms with Gasteiger partial charge in [-0.3, -0.25) is 9.59 Å². The number of carbonyl (C=O) groups excluding carboxylic acids is 2. The second-order valence-electron chi connectivity index (χ2n) is 5.14. The van der Waals surface area contributed by atoms with Crippen LogP contribution in [0.25, 0.3) is 0 Å². The Morgan fingerprint density at radius 1 is 0.840 bits per heavy atom. The van der Waals surface area contributed by atoms with E-state index in [1.165, 1.54) is 24.3 Å². The van der Waals surface area contributed by atoms with Gasteiger partial charge in [0.1, 0.15) is 17.3 Å². The summed E-state index contributed by atoms with van der Waals surface area (Å²) in [6.07, 6.45) is 0. The molecule has 2 N–H and O–H groups in total. The number of carbonyl (C=O) groups is 2. The summed E-state index contributed by atoms with van der Waals surface area (Å²) >= 11 is 5.71. The molecule has 0 radical (unpaired) electrons. The van der Waals surface area contributed by atoms with Crippen molar-refractivity contribution in [2.75, 3.05) is 22.1 Å². The minimum absolute atomic E-state index is 0.257. The quantitative estimate of drug-likeness (QED) is 0.800. The van der Waals surface area contributed by atoms with E-state index in [4.69, 9.17) is 11.6 Å². The normalized spacial score (nSPS) is 11.0. The summed E-state index contributed by atoms with van der Waals surface area (Å²) in [7, 11) is -3.96. The molecule has 0 aromatic heterocycles. The average molecular weight is 385 g/mol. The van der Waals surface area contributed by atoms with Gasteiger partial charge in [0.15, 0.2) is 9.84 Å². The summed E-state index contributed by atoms with van der Waals surface area (Å²) in [5.41, 5.74) is 0.646. The summed E-state index contributed by atoms with van der Waals surface area (Å²) in [6, 6.07) is 11.0. The average Bonchev–Trinajstić information content (AvgIpc) is 2.50. The van der Waals surface area contributed by atoms with Crippen molar-refractivity contribution in [2.45, 2.75) is 0 Å². The second kappa shape index (κ2) is 8.09. The number of anilines is 2. The standard InChI is InChI=1S/C16H14ClFN2O4S/c17-11-1-5-13(6-2-11)19-15(21)9-25(23,24)10-16(22)20-14-7-3-12(18)4-8-14/h1-8H,9-10H2,(H,19,21)(H,20,22). The van der Waals surface area contributed by atoms with E-state index in [-0.39, 0.29) is 5.69 Å². The van der Waals surface area contributed by atoms with E-state index in [0.717, 1.165) is 12.1 Å². The zero-order chi connectivity index (χ0) is 18.4. The molecule has 0 spiro atoms. The highest BCUT2D eigenvalue weighted by Gasteiger charge is 2.21. The molecule has 132 valence electrons. The maximum Gasteiger partial charge on any atom is 0.239 e. The van der Waals surface area contributed by atoms with Crippen molar-refractivity contribution >= 4 is 44.6 Å². The largest absolute Gasteiger partial charge is 0.325 e. The lowest BCUT2D eigenvalue weighted by Crippen LogP contribution is -2.30. The van der Waals surface area contributed by atoms with Gasteiger partial charge in [-0.25, -0.2) is 12.8 Å². The van der Waals surface area contributed by atoms with Crippen LogP contribution in [0.2, 0.25) is 5.02 Å². The van der Waals surface area contributed by atoms with Crippen LogP contribution in [0.15, 0.2) is 48.5 Å². The van der Waals surface area contributed by atoms with Crippen LogP contribution in [-0.2, 0) is 19.4 Å². The number of halogens is 2. The highest BCUT2D eigenvalue weighted by atomic mass is 35.5. The van der Waals surface area contributed by atoms with Gasteiger partial charge in [0.25, 0.3) is 0 Å². The molecule has 2 rings (SSSR count). The van der Waals surface area contributed by atoms with Crippen molar-refractivity contribution in [3.8, 4) is 0 Å². The summed E-state index contributed by atoms with van der Waals surface area (Å²) < 4.78 is 36.7. The van der Waals surface area contributed by atoms with Crippen LogP contribution in [0.4, 0.5) is 15.8 Å². The molecular formula is C16H14ClFN2O4S. The first kappa shape index (κ1) is 18.9. The molecule has 2 aromatic rings. The Balaban J connectivity index is 1.89. The van der Waals surface area contributed by atoms with Crippen LogP contribution >= 0.6 is 11.6 Å². The van der Waals surface area contributed by atoms with E-state index in [2.05, 4.69) is 10.6 Å². The Morgan fingerprint density at radius 3 is 1.68 bits per heavy atom. The molecule has 2 aromatic carbocycles. The molecule has 0 heterocycles. The van der Waals surface area contributed by atoms with Crippen molar-refractivity contribution < 1.29 is 22.4 Å². The SMILES string of the molecule is O=C(CS(=O)(=O)CC(=O)Nc1ccc(Cl)cc1)Nc1ccc(F)cc1. The molecule has 0 unspecified atom stereocenters. The molecule has 0 aliphatic heterocycles. The predicted molar refractivity (Wildman–Crippen MR) is 93.8 cm³/mol. The molecule has 0 fully saturated rings. The summed E-state index contributed by atoms with van der Waals surface area (Å²) in [4.78, 5) is 23.6. The van der Waals surface area contributed by atoms with E-state index >= 15 is 0 Å². The van der Waals surface area contributed by atoms with Crippen LogP contribution in [0.3, 0.4) is 0 Å².